The highest BCUT2D eigenvalue weighted by atomic mass is 16.7. The number of aryl methyl sites for hydroxylation is 1. The first-order valence-corrected chi connectivity index (χ1v) is 11.2. The number of nitro groups is 1. The van der Waals surface area contributed by atoms with Gasteiger partial charge in [0.15, 0.2) is 17.6 Å². The molecule has 10 heteroatoms. The Balaban J connectivity index is 1.68. The van der Waals surface area contributed by atoms with Gasteiger partial charge in [-0.1, -0.05) is 35.9 Å². The van der Waals surface area contributed by atoms with Crippen LogP contribution in [0, 0.1) is 23.0 Å². The average molecular weight is 489 g/mol. The van der Waals surface area contributed by atoms with Crippen LogP contribution in [-0.2, 0) is 14.4 Å². The molecule has 10 nitrogen and oxygen atoms in total. The van der Waals surface area contributed by atoms with Crippen molar-refractivity contribution in [1.82, 2.24) is 0 Å². The lowest BCUT2D eigenvalue weighted by Gasteiger charge is -2.29. The Hall–Kier alpha value is -4.44. The molecule has 3 atom stereocenters. The van der Waals surface area contributed by atoms with Crippen LogP contribution >= 0.6 is 0 Å². The number of amides is 2. The second kappa shape index (κ2) is 8.97. The quantitative estimate of drug-likeness (QED) is 0.291. The van der Waals surface area contributed by atoms with E-state index in [1.54, 1.807) is 48.5 Å². The number of anilines is 2. The second-order valence-corrected chi connectivity index (χ2v) is 8.53. The normalized spacial score (nSPS) is 21.0. The van der Waals surface area contributed by atoms with E-state index >= 15 is 0 Å². The molecule has 2 fully saturated rings. The summed E-state index contributed by atoms with van der Waals surface area (Å²) in [4.78, 5) is 46.0. The Morgan fingerprint density at radius 3 is 2.14 bits per heavy atom. The molecule has 3 aromatic carbocycles. The van der Waals surface area contributed by atoms with Crippen molar-refractivity contribution in [1.29, 1.82) is 0 Å². The van der Waals surface area contributed by atoms with Crippen LogP contribution in [0.4, 0.5) is 17.1 Å². The first-order valence-electron chi connectivity index (χ1n) is 11.2. The van der Waals surface area contributed by atoms with Gasteiger partial charge in [0.25, 0.3) is 11.6 Å². The summed E-state index contributed by atoms with van der Waals surface area (Å²) in [5.74, 6) is -1.64. The number of hydrogen-bond donors (Lipinski definition) is 0. The molecule has 36 heavy (non-hydrogen) atoms. The smallest absolute Gasteiger partial charge is 0.278 e. The number of rotatable bonds is 6. The highest BCUT2D eigenvalue weighted by Crippen LogP contribution is 2.51. The lowest BCUT2D eigenvalue weighted by molar-refractivity contribution is -0.385. The number of fused-ring (bicyclic) bond motifs is 1. The van der Waals surface area contributed by atoms with E-state index in [-0.39, 0.29) is 22.7 Å². The lowest BCUT2D eigenvalue weighted by Crippen LogP contribution is -2.37. The van der Waals surface area contributed by atoms with E-state index < -0.39 is 34.8 Å². The molecule has 0 aromatic heterocycles. The molecule has 5 rings (SSSR count). The summed E-state index contributed by atoms with van der Waals surface area (Å²) in [5.41, 5.74) is 1.82. The SMILES string of the molecule is COc1cc([C@H]2[C@H]3C(=O)N(c4ccc(C)cc4)C(=O)[C@@H]3ON2c2ccccc2)c([N+](=O)[O-])cc1OC. The fourth-order valence-corrected chi connectivity index (χ4v) is 4.76. The van der Waals surface area contributed by atoms with Crippen LogP contribution in [0.2, 0.25) is 0 Å². The van der Waals surface area contributed by atoms with E-state index in [0.29, 0.717) is 11.4 Å². The highest BCUT2D eigenvalue weighted by molar-refractivity contribution is 6.24. The molecule has 2 heterocycles. The van der Waals surface area contributed by atoms with Crippen molar-refractivity contribution in [2.24, 2.45) is 5.92 Å². The van der Waals surface area contributed by atoms with E-state index in [4.69, 9.17) is 14.3 Å². The third-order valence-corrected chi connectivity index (χ3v) is 6.47. The van der Waals surface area contributed by atoms with Gasteiger partial charge in [0.05, 0.1) is 42.1 Å². The third-order valence-electron chi connectivity index (χ3n) is 6.47. The maximum absolute atomic E-state index is 13.8. The predicted octanol–water partition coefficient (Wildman–Crippen LogP) is 3.97. The fraction of sp³-hybridized carbons (Fsp3) is 0.231. The molecule has 0 radical (unpaired) electrons. The van der Waals surface area contributed by atoms with Gasteiger partial charge in [-0.3, -0.25) is 24.5 Å². The first kappa shape index (κ1) is 23.3. The van der Waals surface area contributed by atoms with E-state index in [1.165, 1.54) is 31.4 Å². The molecule has 3 aromatic rings. The minimum Gasteiger partial charge on any atom is -0.493 e. The van der Waals surface area contributed by atoms with Crippen LogP contribution in [0.1, 0.15) is 17.2 Å². The van der Waals surface area contributed by atoms with Crippen molar-refractivity contribution in [3.8, 4) is 11.5 Å². The molecule has 184 valence electrons. The van der Waals surface area contributed by atoms with Crippen LogP contribution < -0.4 is 19.4 Å². The summed E-state index contributed by atoms with van der Waals surface area (Å²) in [5, 5.41) is 13.5. The fourth-order valence-electron chi connectivity index (χ4n) is 4.76. The number of hydroxylamine groups is 1. The number of methoxy groups -OCH3 is 2. The summed E-state index contributed by atoms with van der Waals surface area (Å²) < 4.78 is 10.7. The Kier molecular flexibility index (Phi) is 5.81. The molecule has 0 unspecified atom stereocenters. The largest absolute Gasteiger partial charge is 0.493 e. The summed E-state index contributed by atoms with van der Waals surface area (Å²) in [6.45, 7) is 1.90. The van der Waals surface area contributed by atoms with Crippen LogP contribution in [0.3, 0.4) is 0 Å². The van der Waals surface area contributed by atoms with E-state index in [0.717, 1.165) is 10.5 Å². The van der Waals surface area contributed by atoms with Gasteiger partial charge in [0, 0.05) is 0 Å². The Morgan fingerprint density at radius 2 is 1.53 bits per heavy atom. The standard InChI is InChI=1S/C26H23N3O7/c1-15-9-11-16(12-10-15)27-25(30)22-23(18-13-20(34-2)21(35-3)14-19(18)29(32)33)28(36-24(22)26(27)31)17-7-5-4-6-8-17/h4-14,22-24H,1-3H3/t22-,23+,24-/m1/s1. The van der Waals surface area contributed by atoms with E-state index in [1.807, 2.05) is 13.0 Å². The number of nitro benzene ring substituents is 1. The molecule has 0 aliphatic carbocycles. The van der Waals surface area contributed by atoms with Gasteiger partial charge in [0.1, 0.15) is 12.0 Å². The minimum absolute atomic E-state index is 0.168. The molecule has 2 amide bonds. The zero-order valence-electron chi connectivity index (χ0n) is 19.8. The number of carbonyl (C=O) groups excluding carboxylic acids is 2. The average Bonchev–Trinajstić information content (AvgIpc) is 3.40. The predicted molar refractivity (Wildman–Crippen MR) is 130 cm³/mol. The molecular formula is C26H23N3O7. The zero-order chi connectivity index (χ0) is 25.6. The molecule has 0 N–H and O–H groups in total. The van der Waals surface area contributed by atoms with Crippen molar-refractivity contribution in [3.63, 3.8) is 0 Å². The molecule has 2 saturated heterocycles. The van der Waals surface area contributed by atoms with Crippen molar-refractivity contribution in [2.75, 3.05) is 24.2 Å². The van der Waals surface area contributed by atoms with Gasteiger partial charge >= 0.3 is 0 Å². The number of imide groups is 1. The molecule has 2 aliphatic heterocycles. The monoisotopic (exact) mass is 489 g/mol. The van der Waals surface area contributed by atoms with Crippen LogP contribution in [0.25, 0.3) is 0 Å². The second-order valence-electron chi connectivity index (χ2n) is 8.53. The number of hydrogen-bond acceptors (Lipinski definition) is 8. The van der Waals surface area contributed by atoms with Crippen molar-refractivity contribution < 1.29 is 28.8 Å². The third kappa shape index (κ3) is 3.62. The topological polar surface area (TPSA) is 111 Å². The van der Waals surface area contributed by atoms with Gasteiger partial charge in [-0.15, -0.1) is 0 Å². The Morgan fingerprint density at radius 1 is 0.889 bits per heavy atom. The van der Waals surface area contributed by atoms with Crippen LogP contribution in [0.5, 0.6) is 11.5 Å². The lowest BCUT2D eigenvalue weighted by atomic mass is 9.89. The van der Waals surface area contributed by atoms with Gasteiger partial charge in [-0.2, -0.15) is 0 Å². The summed E-state index contributed by atoms with van der Waals surface area (Å²) in [6.07, 6.45) is -1.16. The minimum atomic E-state index is -1.16. The zero-order valence-corrected chi connectivity index (χ0v) is 19.8. The van der Waals surface area contributed by atoms with E-state index in [9.17, 15) is 19.7 Å². The van der Waals surface area contributed by atoms with Gasteiger partial charge in [0.2, 0.25) is 5.91 Å². The molecule has 0 bridgehead atoms. The summed E-state index contributed by atoms with van der Waals surface area (Å²) in [7, 11) is 2.80. The maximum Gasteiger partial charge on any atom is 0.278 e. The summed E-state index contributed by atoms with van der Waals surface area (Å²) in [6, 6.07) is 17.6. The number of carbonyl (C=O) groups is 2. The van der Waals surface area contributed by atoms with Gasteiger partial charge < -0.3 is 9.47 Å². The Bertz CT molecular complexity index is 1340. The van der Waals surface area contributed by atoms with Crippen LogP contribution in [0.15, 0.2) is 66.7 Å². The van der Waals surface area contributed by atoms with Crippen molar-refractivity contribution in [3.05, 3.63) is 88.0 Å². The summed E-state index contributed by atoms with van der Waals surface area (Å²) >= 11 is 0. The number of para-hydroxylation sites is 1. The van der Waals surface area contributed by atoms with Crippen molar-refractivity contribution in [2.45, 2.75) is 19.1 Å². The number of nitrogens with zero attached hydrogens (tertiary/aromatic N) is 3. The molecule has 0 saturated carbocycles. The van der Waals surface area contributed by atoms with E-state index in [2.05, 4.69) is 0 Å². The maximum atomic E-state index is 13.8. The van der Waals surface area contributed by atoms with Crippen LogP contribution in [-0.4, -0.2) is 37.1 Å². The molecule has 2 aliphatic rings. The number of ether oxygens (including phenoxy) is 2. The number of benzene rings is 3. The van der Waals surface area contributed by atoms with Gasteiger partial charge in [-0.05, 0) is 37.3 Å². The highest BCUT2D eigenvalue weighted by Gasteiger charge is 2.61. The first-order chi connectivity index (χ1) is 17.3. The molecular weight excluding hydrogens is 466 g/mol. The van der Waals surface area contributed by atoms with Crippen molar-refractivity contribution >= 4 is 28.9 Å². The Labute approximate surface area is 206 Å². The molecule has 0 spiro atoms. The van der Waals surface area contributed by atoms with Gasteiger partial charge in [-0.25, -0.2) is 9.96 Å².